The summed E-state index contributed by atoms with van der Waals surface area (Å²) < 4.78 is 0. The quantitative estimate of drug-likeness (QED) is 0.807. The number of pyridine rings is 1. The van der Waals surface area contributed by atoms with Crippen molar-refractivity contribution in [3.63, 3.8) is 0 Å². The molecule has 0 bridgehead atoms. The smallest absolute Gasteiger partial charge is 0.339 e. The Balaban J connectivity index is 2.44. The van der Waals surface area contributed by atoms with E-state index in [2.05, 4.69) is 11.9 Å². The lowest BCUT2D eigenvalue weighted by atomic mass is 10.2. The number of aromatic nitrogens is 1. The molecule has 0 amide bonds. The first-order chi connectivity index (χ1) is 7.59. The van der Waals surface area contributed by atoms with Crippen LogP contribution >= 0.6 is 11.6 Å². The second kappa shape index (κ2) is 4.29. The summed E-state index contributed by atoms with van der Waals surface area (Å²) in [5.41, 5.74) is 0.221. The monoisotopic (exact) mass is 240 g/mol. The molecular formula is C11H13ClN2O2. The zero-order valence-corrected chi connectivity index (χ0v) is 9.74. The zero-order valence-electron chi connectivity index (χ0n) is 8.98. The minimum atomic E-state index is -0.960. The zero-order chi connectivity index (χ0) is 11.7. The first-order valence-electron chi connectivity index (χ1n) is 5.26. The summed E-state index contributed by atoms with van der Waals surface area (Å²) in [6, 6.07) is 3.34. The molecule has 0 spiro atoms. The Bertz CT molecular complexity index is 422. The molecule has 1 aromatic rings. The minimum Gasteiger partial charge on any atom is -0.478 e. The molecule has 1 unspecified atom stereocenters. The lowest BCUT2D eigenvalue weighted by Gasteiger charge is -2.24. The highest BCUT2D eigenvalue weighted by Crippen LogP contribution is 2.28. The third-order valence-corrected chi connectivity index (χ3v) is 3.11. The predicted octanol–water partition coefficient (Wildman–Crippen LogP) is 2.42. The molecule has 2 rings (SSSR count). The van der Waals surface area contributed by atoms with E-state index >= 15 is 0 Å². The molecule has 1 aromatic heterocycles. The fraction of sp³-hybridized carbons (Fsp3) is 0.455. The van der Waals surface area contributed by atoms with Gasteiger partial charge in [0.2, 0.25) is 0 Å². The molecule has 0 radical (unpaired) electrons. The third-order valence-electron chi connectivity index (χ3n) is 2.90. The first-order valence-corrected chi connectivity index (χ1v) is 5.64. The van der Waals surface area contributed by atoms with Gasteiger partial charge in [-0.25, -0.2) is 9.78 Å². The van der Waals surface area contributed by atoms with E-state index in [0.717, 1.165) is 19.4 Å². The Kier molecular flexibility index (Phi) is 3.01. The summed E-state index contributed by atoms with van der Waals surface area (Å²) >= 11 is 5.82. The molecule has 0 aliphatic carbocycles. The van der Waals surface area contributed by atoms with Crippen molar-refractivity contribution in [3.05, 3.63) is 22.8 Å². The largest absolute Gasteiger partial charge is 0.478 e. The van der Waals surface area contributed by atoms with E-state index in [1.54, 1.807) is 0 Å². The van der Waals surface area contributed by atoms with E-state index in [1.165, 1.54) is 12.1 Å². The maximum absolute atomic E-state index is 11.1. The molecule has 16 heavy (non-hydrogen) atoms. The summed E-state index contributed by atoms with van der Waals surface area (Å²) in [5, 5.41) is 9.43. The van der Waals surface area contributed by atoms with E-state index in [4.69, 9.17) is 16.7 Å². The molecule has 4 nitrogen and oxygen atoms in total. The highest BCUT2D eigenvalue weighted by molar-refractivity contribution is 6.29. The van der Waals surface area contributed by atoms with Crippen molar-refractivity contribution in [1.29, 1.82) is 0 Å². The van der Waals surface area contributed by atoms with Gasteiger partial charge in [-0.3, -0.25) is 0 Å². The van der Waals surface area contributed by atoms with Crippen LogP contribution in [0.15, 0.2) is 12.1 Å². The number of halogens is 1. The van der Waals surface area contributed by atoms with Gasteiger partial charge >= 0.3 is 5.97 Å². The van der Waals surface area contributed by atoms with Crippen LogP contribution in [0, 0.1) is 0 Å². The van der Waals surface area contributed by atoms with E-state index in [0.29, 0.717) is 17.0 Å². The Morgan fingerprint density at radius 1 is 1.62 bits per heavy atom. The summed E-state index contributed by atoms with van der Waals surface area (Å²) in [6.45, 7) is 2.91. The maximum Gasteiger partial charge on any atom is 0.339 e. The Hall–Kier alpha value is -1.29. The number of anilines is 1. The van der Waals surface area contributed by atoms with Crippen LogP contribution in [-0.4, -0.2) is 28.6 Å². The fourth-order valence-electron chi connectivity index (χ4n) is 2.06. The summed E-state index contributed by atoms with van der Waals surface area (Å²) in [7, 11) is 0. The molecule has 1 aliphatic heterocycles. The van der Waals surface area contributed by atoms with Crippen molar-refractivity contribution < 1.29 is 9.90 Å². The lowest BCUT2D eigenvalue weighted by Crippen LogP contribution is -2.29. The van der Waals surface area contributed by atoms with E-state index in [-0.39, 0.29) is 5.56 Å². The summed E-state index contributed by atoms with van der Waals surface area (Å²) in [4.78, 5) is 17.2. The van der Waals surface area contributed by atoms with E-state index in [1.807, 2.05) is 4.90 Å². The first kappa shape index (κ1) is 11.2. The lowest BCUT2D eigenvalue weighted by molar-refractivity contribution is 0.0697. The molecule has 1 aliphatic rings. The van der Waals surface area contributed by atoms with Gasteiger partial charge < -0.3 is 10.0 Å². The highest BCUT2D eigenvalue weighted by Gasteiger charge is 2.26. The molecule has 1 fully saturated rings. The Labute approximate surface area is 98.9 Å². The number of hydrogen-bond acceptors (Lipinski definition) is 3. The van der Waals surface area contributed by atoms with Gasteiger partial charge in [-0.15, -0.1) is 0 Å². The third kappa shape index (κ3) is 1.97. The molecule has 1 N–H and O–H groups in total. The van der Waals surface area contributed by atoms with E-state index < -0.39 is 5.97 Å². The number of rotatable bonds is 2. The van der Waals surface area contributed by atoms with Gasteiger partial charge in [0.25, 0.3) is 0 Å². The predicted molar refractivity (Wildman–Crippen MR) is 62.2 cm³/mol. The standard InChI is InChI=1S/C11H13ClN2O2/c1-7-3-2-6-14(7)10-8(11(15)16)4-5-9(12)13-10/h4-5,7H,2-3,6H2,1H3,(H,15,16). The van der Waals surface area contributed by atoms with Crippen LogP contribution in [0.3, 0.4) is 0 Å². The maximum atomic E-state index is 11.1. The van der Waals surface area contributed by atoms with Gasteiger partial charge in [-0.2, -0.15) is 0 Å². The van der Waals surface area contributed by atoms with Gasteiger partial charge in [0, 0.05) is 12.6 Å². The van der Waals surface area contributed by atoms with Gasteiger partial charge in [-0.05, 0) is 31.9 Å². The molecule has 1 saturated heterocycles. The van der Waals surface area contributed by atoms with Crippen LogP contribution < -0.4 is 4.90 Å². The number of aromatic carboxylic acids is 1. The molecule has 86 valence electrons. The van der Waals surface area contributed by atoms with Crippen molar-refractivity contribution in [2.24, 2.45) is 0 Å². The Morgan fingerprint density at radius 2 is 2.38 bits per heavy atom. The molecule has 5 heteroatoms. The average Bonchev–Trinajstić information content (AvgIpc) is 2.63. The summed E-state index contributed by atoms with van der Waals surface area (Å²) in [6.07, 6.45) is 2.13. The molecular weight excluding hydrogens is 228 g/mol. The van der Waals surface area contributed by atoms with Crippen LogP contribution in [0.2, 0.25) is 5.15 Å². The molecule has 1 atom stereocenters. The van der Waals surface area contributed by atoms with Crippen molar-refractivity contribution in [1.82, 2.24) is 4.98 Å². The number of carbonyl (C=O) groups is 1. The van der Waals surface area contributed by atoms with E-state index in [9.17, 15) is 4.79 Å². The minimum absolute atomic E-state index is 0.221. The van der Waals surface area contributed by atoms with Gasteiger partial charge in [0.05, 0.1) is 0 Å². The second-order valence-electron chi connectivity index (χ2n) is 3.99. The molecule has 0 aromatic carbocycles. The van der Waals surface area contributed by atoms with Crippen LogP contribution in [0.5, 0.6) is 0 Å². The fourth-order valence-corrected chi connectivity index (χ4v) is 2.20. The number of hydrogen-bond donors (Lipinski definition) is 1. The van der Waals surface area contributed by atoms with Crippen molar-refractivity contribution in [2.45, 2.75) is 25.8 Å². The van der Waals surface area contributed by atoms with Crippen molar-refractivity contribution in [2.75, 3.05) is 11.4 Å². The van der Waals surface area contributed by atoms with Crippen LogP contribution in [-0.2, 0) is 0 Å². The number of carboxylic acid groups (broad SMARTS) is 1. The van der Waals surface area contributed by atoms with Crippen molar-refractivity contribution in [3.8, 4) is 0 Å². The summed E-state index contributed by atoms with van der Waals surface area (Å²) in [5.74, 6) is -0.469. The molecule has 2 heterocycles. The molecule has 0 saturated carbocycles. The van der Waals surface area contributed by atoms with Gasteiger partial charge in [-0.1, -0.05) is 11.6 Å². The number of carboxylic acids is 1. The second-order valence-corrected chi connectivity index (χ2v) is 4.38. The highest BCUT2D eigenvalue weighted by atomic mass is 35.5. The number of nitrogens with zero attached hydrogens (tertiary/aromatic N) is 2. The Morgan fingerprint density at radius 3 is 2.94 bits per heavy atom. The normalized spacial score (nSPS) is 20.1. The topological polar surface area (TPSA) is 53.4 Å². The van der Waals surface area contributed by atoms with Crippen LogP contribution in [0.1, 0.15) is 30.1 Å². The SMILES string of the molecule is CC1CCCN1c1nc(Cl)ccc1C(=O)O. The van der Waals surface area contributed by atoms with Gasteiger partial charge in [0.15, 0.2) is 0 Å². The van der Waals surface area contributed by atoms with Crippen molar-refractivity contribution >= 4 is 23.4 Å². The van der Waals surface area contributed by atoms with Crippen LogP contribution in [0.4, 0.5) is 5.82 Å². The average molecular weight is 241 g/mol. The van der Waals surface area contributed by atoms with Gasteiger partial charge in [0.1, 0.15) is 16.5 Å². The van der Waals surface area contributed by atoms with Crippen LogP contribution in [0.25, 0.3) is 0 Å².